The van der Waals surface area contributed by atoms with Gasteiger partial charge in [0.25, 0.3) is 0 Å². The molecule has 0 aromatic heterocycles. The monoisotopic (exact) mass is 336 g/mol. The first-order valence-electron chi connectivity index (χ1n) is 6.53. The maximum Gasteiger partial charge on any atom is 0.137 e. The zero-order valence-electron chi connectivity index (χ0n) is 11.9. The Morgan fingerprint density at radius 3 is 2.50 bits per heavy atom. The first-order valence-corrected chi connectivity index (χ1v) is 7.33. The maximum atomic E-state index is 13.2. The molecule has 0 unspecified atom stereocenters. The van der Waals surface area contributed by atoms with E-state index in [1.165, 1.54) is 11.6 Å². The summed E-state index contributed by atoms with van der Waals surface area (Å²) in [5.41, 5.74) is 2.26. The minimum absolute atomic E-state index is 0.0955. The zero-order chi connectivity index (χ0) is 14.8. The standard InChI is InChI=1S/C17H18BrFO/c1-17(2,3)13-5-4-6-14(10-13)20-11-12-7-8-16(19)15(18)9-12/h4-10H,11H2,1-3H3. The van der Waals surface area contributed by atoms with E-state index in [2.05, 4.69) is 48.8 Å². The quantitative estimate of drug-likeness (QED) is 0.722. The van der Waals surface area contributed by atoms with Crippen LogP contribution in [0.2, 0.25) is 0 Å². The molecule has 0 N–H and O–H groups in total. The Balaban J connectivity index is 2.09. The van der Waals surface area contributed by atoms with Crippen LogP contribution in [0.15, 0.2) is 46.9 Å². The molecule has 1 nitrogen and oxygen atoms in total. The van der Waals surface area contributed by atoms with Gasteiger partial charge in [0.2, 0.25) is 0 Å². The van der Waals surface area contributed by atoms with Crippen molar-refractivity contribution in [3.63, 3.8) is 0 Å². The molecule has 0 fully saturated rings. The molecule has 0 aliphatic heterocycles. The molecule has 0 aliphatic rings. The van der Waals surface area contributed by atoms with Gasteiger partial charge in [0, 0.05) is 0 Å². The summed E-state index contributed by atoms with van der Waals surface area (Å²) in [6.45, 7) is 6.93. The van der Waals surface area contributed by atoms with Crippen LogP contribution in [0, 0.1) is 5.82 Å². The van der Waals surface area contributed by atoms with Crippen LogP contribution in [0.3, 0.4) is 0 Å². The molecule has 0 atom stereocenters. The highest BCUT2D eigenvalue weighted by atomic mass is 79.9. The molecule has 0 spiro atoms. The molecule has 0 aliphatic carbocycles. The lowest BCUT2D eigenvalue weighted by molar-refractivity contribution is 0.305. The van der Waals surface area contributed by atoms with Crippen LogP contribution in [0.5, 0.6) is 5.75 Å². The fourth-order valence-corrected chi connectivity index (χ4v) is 2.27. The molecular weight excluding hydrogens is 319 g/mol. The van der Waals surface area contributed by atoms with Crippen molar-refractivity contribution in [3.05, 3.63) is 63.9 Å². The van der Waals surface area contributed by atoms with E-state index in [1.807, 2.05) is 12.1 Å². The Morgan fingerprint density at radius 1 is 1.10 bits per heavy atom. The molecular formula is C17H18BrFO. The average Bonchev–Trinajstić information content (AvgIpc) is 2.39. The summed E-state index contributed by atoms with van der Waals surface area (Å²) in [6.07, 6.45) is 0. The second-order valence-corrected chi connectivity index (χ2v) is 6.67. The van der Waals surface area contributed by atoms with E-state index >= 15 is 0 Å². The molecule has 0 saturated carbocycles. The van der Waals surface area contributed by atoms with Gasteiger partial charge in [-0.2, -0.15) is 0 Å². The predicted molar refractivity (Wildman–Crippen MR) is 83.6 cm³/mol. The molecule has 2 rings (SSSR count). The summed E-state index contributed by atoms with van der Waals surface area (Å²) in [5, 5.41) is 0. The summed E-state index contributed by atoms with van der Waals surface area (Å²) in [7, 11) is 0. The Labute approximate surface area is 127 Å². The molecule has 0 saturated heterocycles. The Bertz CT molecular complexity index is 602. The van der Waals surface area contributed by atoms with Gasteiger partial charge in [-0.15, -0.1) is 0 Å². The molecule has 2 aromatic rings. The third-order valence-electron chi connectivity index (χ3n) is 3.09. The Hall–Kier alpha value is -1.35. The van der Waals surface area contributed by atoms with E-state index in [9.17, 15) is 4.39 Å². The smallest absolute Gasteiger partial charge is 0.137 e. The van der Waals surface area contributed by atoms with E-state index < -0.39 is 0 Å². The van der Waals surface area contributed by atoms with E-state index in [0.29, 0.717) is 11.1 Å². The van der Waals surface area contributed by atoms with Gasteiger partial charge in [-0.3, -0.25) is 0 Å². The highest BCUT2D eigenvalue weighted by Crippen LogP contribution is 2.26. The second-order valence-electron chi connectivity index (χ2n) is 5.81. The van der Waals surface area contributed by atoms with Crippen molar-refractivity contribution in [1.29, 1.82) is 0 Å². The van der Waals surface area contributed by atoms with Crippen LogP contribution in [0.1, 0.15) is 31.9 Å². The number of benzene rings is 2. The van der Waals surface area contributed by atoms with E-state index in [-0.39, 0.29) is 11.2 Å². The van der Waals surface area contributed by atoms with Gasteiger partial charge in [-0.05, 0) is 56.7 Å². The van der Waals surface area contributed by atoms with Crippen molar-refractivity contribution in [2.75, 3.05) is 0 Å². The second kappa shape index (κ2) is 5.96. The van der Waals surface area contributed by atoms with Crippen LogP contribution < -0.4 is 4.74 Å². The zero-order valence-corrected chi connectivity index (χ0v) is 13.5. The van der Waals surface area contributed by atoms with E-state index in [0.717, 1.165) is 11.3 Å². The summed E-state index contributed by atoms with van der Waals surface area (Å²) >= 11 is 3.18. The fraction of sp³-hybridized carbons (Fsp3) is 0.294. The van der Waals surface area contributed by atoms with Crippen LogP contribution >= 0.6 is 15.9 Å². The highest BCUT2D eigenvalue weighted by Gasteiger charge is 2.13. The minimum atomic E-state index is -0.261. The first kappa shape index (κ1) is 15.0. The SMILES string of the molecule is CC(C)(C)c1cccc(OCc2ccc(F)c(Br)c2)c1. The molecule has 106 valence electrons. The molecule has 0 bridgehead atoms. The molecule has 3 heteroatoms. The summed E-state index contributed by atoms with van der Waals surface area (Å²) in [4.78, 5) is 0. The highest BCUT2D eigenvalue weighted by molar-refractivity contribution is 9.10. The third kappa shape index (κ3) is 3.83. The van der Waals surface area contributed by atoms with Gasteiger partial charge < -0.3 is 4.74 Å². The molecule has 0 radical (unpaired) electrons. The van der Waals surface area contributed by atoms with Gasteiger partial charge in [0.1, 0.15) is 18.2 Å². The minimum Gasteiger partial charge on any atom is -0.489 e. The Morgan fingerprint density at radius 2 is 1.85 bits per heavy atom. The number of ether oxygens (including phenoxy) is 1. The van der Waals surface area contributed by atoms with Gasteiger partial charge in [-0.25, -0.2) is 4.39 Å². The average molecular weight is 337 g/mol. The van der Waals surface area contributed by atoms with Crippen molar-refractivity contribution >= 4 is 15.9 Å². The summed E-state index contributed by atoms with van der Waals surface area (Å²) < 4.78 is 19.4. The van der Waals surface area contributed by atoms with Crippen LogP contribution in [0.25, 0.3) is 0 Å². The third-order valence-corrected chi connectivity index (χ3v) is 3.70. The lowest BCUT2D eigenvalue weighted by atomic mass is 9.87. The number of hydrogen-bond donors (Lipinski definition) is 0. The van der Waals surface area contributed by atoms with Crippen molar-refractivity contribution in [2.24, 2.45) is 0 Å². The van der Waals surface area contributed by atoms with Gasteiger partial charge in [0.05, 0.1) is 4.47 Å². The largest absolute Gasteiger partial charge is 0.489 e. The molecule has 0 amide bonds. The molecule has 20 heavy (non-hydrogen) atoms. The summed E-state index contributed by atoms with van der Waals surface area (Å²) in [6, 6.07) is 13.0. The van der Waals surface area contributed by atoms with Gasteiger partial charge in [0.15, 0.2) is 0 Å². The van der Waals surface area contributed by atoms with Crippen molar-refractivity contribution in [3.8, 4) is 5.75 Å². The van der Waals surface area contributed by atoms with Crippen molar-refractivity contribution < 1.29 is 9.13 Å². The lowest BCUT2D eigenvalue weighted by Gasteiger charge is -2.19. The van der Waals surface area contributed by atoms with Gasteiger partial charge in [-0.1, -0.05) is 39.0 Å². The van der Waals surface area contributed by atoms with Crippen LogP contribution in [-0.4, -0.2) is 0 Å². The van der Waals surface area contributed by atoms with Gasteiger partial charge >= 0.3 is 0 Å². The van der Waals surface area contributed by atoms with Crippen molar-refractivity contribution in [1.82, 2.24) is 0 Å². The van der Waals surface area contributed by atoms with E-state index in [1.54, 1.807) is 12.1 Å². The van der Waals surface area contributed by atoms with Crippen LogP contribution in [-0.2, 0) is 12.0 Å². The lowest BCUT2D eigenvalue weighted by Crippen LogP contribution is -2.10. The normalized spacial score (nSPS) is 11.4. The topological polar surface area (TPSA) is 9.23 Å². The number of hydrogen-bond acceptors (Lipinski definition) is 1. The molecule has 2 aromatic carbocycles. The van der Waals surface area contributed by atoms with Crippen LogP contribution in [0.4, 0.5) is 4.39 Å². The summed E-state index contributed by atoms with van der Waals surface area (Å²) in [5.74, 6) is 0.571. The van der Waals surface area contributed by atoms with E-state index in [4.69, 9.17) is 4.74 Å². The predicted octanol–water partition coefficient (Wildman–Crippen LogP) is 5.46. The number of rotatable bonds is 3. The number of halogens is 2. The first-order chi connectivity index (χ1) is 9.36. The van der Waals surface area contributed by atoms with Crippen molar-refractivity contribution in [2.45, 2.75) is 32.8 Å². The Kier molecular flexibility index (Phi) is 4.48. The maximum absolute atomic E-state index is 13.2. The fourth-order valence-electron chi connectivity index (χ4n) is 1.85. The molecule has 0 heterocycles.